The Morgan fingerprint density at radius 1 is 1.60 bits per heavy atom. The Hall–Kier alpha value is -2.69. The molecule has 8 nitrogen and oxygen atoms in total. The molecule has 2 atom stereocenters. The number of aromatic nitrogens is 1. The van der Waals surface area contributed by atoms with Gasteiger partial charge in [-0.15, -0.1) is 0 Å². The van der Waals surface area contributed by atoms with E-state index in [1.54, 1.807) is 11.0 Å². The Labute approximate surface area is 114 Å². The molecule has 2 heterocycles. The van der Waals surface area contributed by atoms with Crippen LogP contribution in [0.25, 0.3) is 0 Å². The van der Waals surface area contributed by atoms with Crippen molar-refractivity contribution in [2.24, 2.45) is 11.8 Å². The van der Waals surface area contributed by atoms with E-state index in [1.807, 2.05) is 6.92 Å². The fourth-order valence-corrected chi connectivity index (χ4v) is 2.32. The van der Waals surface area contributed by atoms with E-state index in [4.69, 9.17) is 10.4 Å². The maximum absolute atomic E-state index is 11.1. The Morgan fingerprint density at radius 3 is 2.80 bits per heavy atom. The number of carboxylic acids is 1. The number of nitro groups is 1. The summed E-state index contributed by atoms with van der Waals surface area (Å²) in [6.45, 7) is 2.61. The molecule has 0 amide bonds. The zero-order valence-corrected chi connectivity index (χ0v) is 10.7. The highest BCUT2D eigenvalue weighted by Gasteiger charge is 2.35. The van der Waals surface area contributed by atoms with Crippen LogP contribution in [0.4, 0.5) is 11.5 Å². The summed E-state index contributed by atoms with van der Waals surface area (Å²) in [5.74, 6) is -1.03. The topological polar surface area (TPSA) is 120 Å². The van der Waals surface area contributed by atoms with E-state index >= 15 is 0 Å². The van der Waals surface area contributed by atoms with E-state index < -0.39 is 16.8 Å². The second-order valence-corrected chi connectivity index (χ2v) is 4.73. The van der Waals surface area contributed by atoms with Gasteiger partial charge in [-0.1, -0.05) is 6.92 Å². The van der Waals surface area contributed by atoms with Crippen molar-refractivity contribution in [1.82, 2.24) is 4.98 Å². The molecule has 2 rings (SSSR count). The van der Waals surface area contributed by atoms with Gasteiger partial charge in [0.1, 0.15) is 11.9 Å². The molecule has 1 aliphatic rings. The lowest BCUT2D eigenvalue weighted by molar-refractivity contribution is -0.385. The SMILES string of the molecule is C[C@@H]1CN(c2ccc([N+](=O)[O-])c(C#N)n2)C[C@H]1C(=O)O. The first-order valence-corrected chi connectivity index (χ1v) is 5.97. The van der Waals surface area contributed by atoms with Gasteiger partial charge in [0, 0.05) is 19.2 Å². The summed E-state index contributed by atoms with van der Waals surface area (Å²) in [4.78, 5) is 26.8. The Balaban J connectivity index is 2.30. The standard InChI is InChI=1S/C12H12N4O4/c1-7-5-15(6-8(7)12(17)18)11-3-2-10(16(19)20)9(4-13)14-11/h2-3,7-8H,5-6H2,1H3,(H,17,18)/t7-,8-/m1/s1. The predicted octanol–water partition coefficient (Wildman–Crippen LogP) is 1.02. The minimum absolute atomic E-state index is 0.0463. The molecule has 1 fully saturated rings. The molecule has 8 heteroatoms. The summed E-state index contributed by atoms with van der Waals surface area (Å²) < 4.78 is 0. The highest BCUT2D eigenvalue weighted by Crippen LogP contribution is 2.29. The molecule has 0 bridgehead atoms. The Kier molecular flexibility index (Phi) is 3.52. The predicted molar refractivity (Wildman–Crippen MR) is 68.1 cm³/mol. The molecule has 1 saturated heterocycles. The van der Waals surface area contributed by atoms with Crippen molar-refractivity contribution >= 4 is 17.5 Å². The lowest BCUT2D eigenvalue weighted by Crippen LogP contribution is -2.23. The van der Waals surface area contributed by atoms with Crippen LogP contribution < -0.4 is 4.90 Å². The van der Waals surface area contributed by atoms with E-state index in [9.17, 15) is 14.9 Å². The maximum atomic E-state index is 11.1. The third-order valence-corrected chi connectivity index (χ3v) is 3.42. The van der Waals surface area contributed by atoms with Gasteiger partial charge in [-0.2, -0.15) is 5.26 Å². The van der Waals surface area contributed by atoms with Gasteiger partial charge in [-0.25, -0.2) is 4.98 Å². The van der Waals surface area contributed by atoms with Crippen LogP contribution >= 0.6 is 0 Å². The van der Waals surface area contributed by atoms with Crippen LogP contribution in [-0.2, 0) is 4.79 Å². The van der Waals surface area contributed by atoms with E-state index in [1.165, 1.54) is 12.1 Å². The molecule has 104 valence electrons. The Morgan fingerprint density at radius 2 is 2.30 bits per heavy atom. The number of rotatable bonds is 3. The monoisotopic (exact) mass is 276 g/mol. The molecule has 1 aromatic rings. The smallest absolute Gasteiger partial charge is 0.308 e. The highest BCUT2D eigenvalue weighted by molar-refractivity contribution is 5.72. The van der Waals surface area contributed by atoms with Crippen LogP contribution in [-0.4, -0.2) is 34.1 Å². The zero-order valence-electron chi connectivity index (χ0n) is 10.7. The van der Waals surface area contributed by atoms with Crippen LogP contribution in [0.3, 0.4) is 0 Å². The molecule has 1 aliphatic heterocycles. The lowest BCUT2D eigenvalue weighted by atomic mass is 9.99. The van der Waals surface area contributed by atoms with Crippen molar-refractivity contribution in [2.75, 3.05) is 18.0 Å². The first-order valence-electron chi connectivity index (χ1n) is 5.97. The van der Waals surface area contributed by atoms with Crippen LogP contribution in [0.15, 0.2) is 12.1 Å². The van der Waals surface area contributed by atoms with Crippen LogP contribution in [0.1, 0.15) is 12.6 Å². The van der Waals surface area contributed by atoms with E-state index in [-0.39, 0.29) is 23.8 Å². The molecule has 0 aromatic carbocycles. The van der Waals surface area contributed by atoms with Gasteiger partial charge in [-0.3, -0.25) is 14.9 Å². The van der Waals surface area contributed by atoms with Crippen LogP contribution in [0.2, 0.25) is 0 Å². The van der Waals surface area contributed by atoms with Crippen molar-refractivity contribution in [3.8, 4) is 6.07 Å². The third kappa shape index (κ3) is 2.38. The summed E-state index contributed by atoms with van der Waals surface area (Å²) in [7, 11) is 0. The number of nitrogens with zero attached hydrogens (tertiary/aromatic N) is 4. The van der Waals surface area contributed by atoms with Gasteiger partial charge in [0.15, 0.2) is 0 Å². The number of aliphatic carboxylic acids is 1. The average Bonchev–Trinajstić information content (AvgIpc) is 2.80. The number of carbonyl (C=O) groups is 1. The van der Waals surface area contributed by atoms with Gasteiger partial charge in [0.05, 0.1) is 10.8 Å². The fraction of sp³-hybridized carbons (Fsp3) is 0.417. The van der Waals surface area contributed by atoms with Crippen molar-refractivity contribution in [1.29, 1.82) is 5.26 Å². The Bertz CT molecular complexity index is 610. The lowest BCUT2D eigenvalue weighted by Gasteiger charge is -2.16. The molecule has 0 aliphatic carbocycles. The largest absolute Gasteiger partial charge is 0.481 e. The van der Waals surface area contributed by atoms with Crippen molar-refractivity contribution in [2.45, 2.75) is 6.92 Å². The first-order chi connectivity index (χ1) is 9.43. The van der Waals surface area contributed by atoms with Crippen LogP contribution in [0.5, 0.6) is 0 Å². The summed E-state index contributed by atoms with van der Waals surface area (Å²) in [5, 5.41) is 28.7. The third-order valence-electron chi connectivity index (χ3n) is 3.42. The minimum Gasteiger partial charge on any atom is -0.481 e. The van der Waals surface area contributed by atoms with Gasteiger partial charge >= 0.3 is 11.7 Å². The molecular weight excluding hydrogens is 264 g/mol. The van der Waals surface area contributed by atoms with E-state index in [0.29, 0.717) is 12.4 Å². The fourth-order valence-electron chi connectivity index (χ4n) is 2.32. The molecule has 20 heavy (non-hydrogen) atoms. The second-order valence-electron chi connectivity index (χ2n) is 4.73. The second kappa shape index (κ2) is 5.13. The molecule has 0 radical (unpaired) electrons. The molecule has 0 spiro atoms. The normalized spacial score (nSPS) is 21.5. The number of nitriles is 1. The maximum Gasteiger partial charge on any atom is 0.308 e. The zero-order chi connectivity index (χ0) is 14.9. The van der Waals surface area contributed by atoms with Gasteiger partial charge in [-0.05, 0) is 12.0 Å². The summed E-state index contributed by atoms with van der Waals surface area (Å²) in [6.07, 6.45) is 0. The molecular formula is C12H12N4O4. The van der Waals surface area contributed by atoms with Gasteiger partial charge in [0.2, 0.25) is 5.69 Å². The van der Waals surface area contributed by atoms with Gasteiger partial charge in [0.25, 0.3) is 0 Å². The molecule has 0 unspecified atom stereocenters. The quantitative estimate of drug-likeness (QED) is 0.646. The summed E-state index contributed by atoms with van der Waals surface area (Å²) in [6, 6.07) is 4.35. The molecule has 0 saturated carbocycles. The van der Waals surface area contributed by atoms with Crippen LogP contribution in [0, 0.1) is 33.3 Å². The number of anilines is 1. The summed E-state index contributed by atoms with van der Waals surface area (Å²) >= 11 is 0. The first kappa shape index (κ1) is 13.7. The van der Waals surface area contributed by atoms with Crippen molar-refractivity contribution in [3.05, 3.63) is 27.9 Å². The molecule has 1 N–H and O–H groups in total. The number of carboxylic acid groups (broad SMARTS) is 1. The average molecular weight is 276 g/mol. The highest BCUT2D eigenvalue weighted by atomic mass is 16.6. The number of hydrogen-bond acceptors (Lipinski definition) is 6. The van der Waals surface area contributed by atoms with E-state index in [2.05, 4.69) is 4.98 Å². The number of pyridine rings is 1. The summed E-state index contributed by atoms with van der Waals surface area (Å²) in [5.41, 5.74) is -0.614. The van der Waals surface area contributed by atoms with Gasteiger partial charge < -0.3 is 10.0 Å². The van der Waals surface area contributed by atoms with E-state index in [0.717, 1.165) is 0 Å². The van der Waals surface area contributed by atoms with Crippen molar-refractivity contribution in [3.63, 3.8) is 0 Å². The molecule has 1 aromatic heterocycles. The minimum atomic E-state index is -0.873. The number of hydrogen-bond donors (Lipinski definition) is 1. The van der Waals surface area contributed by atoms with Crippen molar-refractivity contribution < 1.29 is 14.8 Å².